The molecule has 0 atom stereocenters. The van der Waals surface area contributed by atoms with E-state index in [2.05, 4.69) is 9.71 Å². The average Bonchev–Trinajstić information content (AvgIpc) is 3.07. The Morgan fingerprint density at radius 3 is 2.48 bits per heavy atom. The van der Waals surface area contributed by atoms with Gasteiger partial charge in [-0.3, -0.25) is 4.72 Å². The number of nitrogens with one attached hydrogen (secondary N) is 1. The summed E-state index contributed by atoms with van der Waals surface area (Å²) < 4.78 is 33.8. The number of anilines is 1. The first-order valence-corrected chi connectivity index (χ1v) is 9.97. The number of rotatable bonds is 4. The van der Waals surface area contributed by atoms with Gasteiger partial charge in [-0.2, -0.15) is 0 Å². The van der Waals surface area contributed by atoms with E-state index in [4.69, 9.17) is 4.42 Å². The van der Waals surface area contributed by atoms with Crippen LogP contribution < -0.4 is 4.72 Å². The Bertz CT molecular complexity index is 1230. The lowest BCUT2D eigenvalue weighted by molar-refractivity contribution is 0.601. The van der Waals surface area contributed by atoms with E-state index < -0.39 is 10.0 Å². The minimum absolute atomic E-state index is 0.215. The lowest BCUT2D eigenvalue weighted by atomic mass is 10.1. The maximum Gasteiger partial charge on any atom is 0.261 e. The highest BCUT2D eigenvalue weighted by Crippen LogP contribution is 2.31. The van der Waals surface area contributed by atoms with Crippen LogP contribution in [-0.2, 0) is 10.0 Å². The van der Waals surface area contributed by atoms with Crippen molar-refractivity contribution in [2.45, 2.75) is 18.7 Å². The van der Waals surface area contributed by atoms with E-state index in [0.29, 0.717) is 17.2 Å². The van der Waals surface area contributed by atoms with Crippen LogP contribution in [0.5, 0.6) is 0 Å². The van der Waals surface area contributed by atoms with Crippen molar-refractivity contribution in [1.82, 2.24) is 4.98 Å². The summed E-state index contributed by atoms with van der Waals surface area (Å²) in [4.78, 5) is 4.77. The van der Waals surface area contributed by atoms with E-state index in [0.717, 1.165) is 22.2 Å². The fraction of sp³-hybridized carbons (Fsp3) is 0.0952. The second-order valence-corrected chi connectivity index (χ2v) is 8.07. The van der Waals surface area contributed by atoms with Crippen molar-refractivity contribution in [3.63, 3.8) is 0 Å². The fourth-order valence-electron chi connectivity index (χ4n) is 2.93. The Balaban J connectivity index is 1.74. The van der Waals surface area contributed by atoms with Crippen LogP contribution in [0.4, 0.5) is 5.69 Å². The van der Waals surface area contributed by atoms with Gasteiger partial charge in [0, 0.05) is 5.56 Å². The number of benzene rings is 3. The van der Waals surface area contributed by atoms with Gasteiger partial charge in [0.1, 0.15) is 5.52 Å². The minimum atomic E-state index is -3.67. The number of nitrogens with zero attached hydrogens (tertiary/aromatic N) is 1. The summed E-state index contributed by atoms with van der Waals surface area (Å²) in [5, 5.41) is 0. The van der Waals surface area contributed by atoms with E-state index in [1.54, 1.807) is 42.5 Å². The number of oxazole rings is 1. The SMILES string of the molecule is Cc1ccc2oc(-c3cccc(NS(=O)(=O)c4ccccc4)c3C)nc2c1. The van der Waals surface area contributed by atoms with Gasteiger partial charge >= 0.3 is 0 Å². The Morgan fingerprint density at radius 1 is 0.926 bits per heavy atom. The third-order valence-corrected chi connectivity index (χ3v) is 5.79. The lowest BCUT2D eigenvalue weighted by Crippen LogP contribution is -2.13. The van der Waals surface area contributed by atoms with Crippen LogP contribution in [0, 0.1) is 13.8 Å². The standard InChI is InChI=1S/C21H18N2O3S/c1-14-11-12-20-19(13-14)22-21(26-20)17-9-6-10-18(15(17)2)23-27(24,25)16-7-4-3-5-8-16/h3-13,23H,1-2H3. The molecule has 0 unspecified atom stereocenters. The van der Waals surface area contributed by atoms with Crippen LogP contribution in [0.3, 0.4) is 0 Å². The van der Waals surface area contributed by atoms with E-state index in [1.807, 2.05) is 38.1 Å². The monoisotopic (exact) mass is 378 g/mol. The molecule has 1 aromatic heterocycles. The number of aromatic nitrogens is 1. The third kappa shape index (κ3) is 3.31. The minimum Gasteiger partial charge on any atom is -0.436 e. The summed E-state index contributed by atoms with van der Waals surface area (Å²) >= 11 is 0. The fourth-order valence-corrected chi connectivity index (χ4v) is 4.08. The Morgan fingerprint density at radius 2 is 1.70 bits per heavy atom. The normalized spacial score (nSPS) is 11.6. The van der Waals surface area contributed by atoms with Crippen molar-refractivity contribution in [2.24, 2.45) is 0 Å². The van der Waals surface area contributed by atoms with Gasteiger partial charge in [-0.05, 0) is 61.4 Å². The van der Waals surface area contributed by atoms with E-state index in [1.165, 1.54) is 0 Å². The van der Waals surface area contributed by atoms with Crippen molar-refractivity contribution in [1.29, 1.82) is 0 Å². The van der Waals surface area contributed by atoms with Crippen molar-refractivity contribution in [2.75, 3.05) is 4.72 Å². The van der Waals surface area contributed by atoms with Gasteiger partial charge in [-0.1, -0.05) is 30.3 Å². The Labute approximate surface area is 157 Å². The quantitative estimate of drug-likeness (QED) is 0.547. The maximum absolute atomic E-state index is 12.6. The van der Waals surface area contributed by atoms with Gasteiger partial charge in [0.15, 0.2) is 5.58 Å². The maximum atomic E-state index is 12.6. The molecule has 27 heavy (non-hydrogen) atoms. The molecule has 5 nitrogen and oxygen atoms in total. The zero-order chi connectivity index (χ0) is 19.0. The molecule has 0 radical (unpaired) electrons. The second-order valence-electron chi connectivity index (χ2n) is 6.39. The molecule has 0 aliphatic carbocycles. The molecule has 4 aromatic rings. The molecule has 0 amide bonds. The molecular formula is C21H18N2O3S. The topological polar surface area (TPSA) is 72.2 Å². The summed E-state index contributed by atoms with van der Waals surface area (Å²) in [6.07, 6.45) is 0. The highest BCUT2D eigenvalue weighted by molar-refractivity contribution is 7.92. The first-order valence-electron chi connectivity index (χ1n) is 8.49. The lowest BCUT2D eigenvalue weighted by Gasteiger charge is -2.12. The van der Waals surface area contributed by atoms with Gasteiger partial charge in [-0.25, -0.2) is 13.4 Å². The first-order chi connectivity index (χ1) is 12.9. The molecule has 3 aromatic carbocycles. The summed E-state index contributed by atoms with van der Waals surface area (Å²) in [6.45, 7) is 3.84. The predicted molar refractivity (Wildman–Crippen MR) is 106 cm³/mol. The van der Waals surface area contributed by atoms with Gasteiger partial charge in [0.2, 0.25) is 5.89 Å². The molecule has 0 bridgehead atoms. The second kappa shape index (κ2) is 6.55. The molecule has 1 heterocycles. The van der Waals surface area contributed by atoms with E-state index >= 15 is 0 Å². The Kier molecular flexibility index (Phi) is 4.20. The first kappa shape index (κ1) is 17.3. The summed E-state index contributed by atoms with van der Waals surface area (Å²) in [5.74, 6) is 0.467. The molecule has 0 aliphatic rings. The molecule has 6 heteroatoms. The number of aryl methyl sites for hydroxylation is 1. The van der Waals surface area contributed by atoms with Crippen LogP contribution in [-0.4, -0.2) is 13.4 Å². The third-order valence-electron chi connectivity index (χ3n) is 4.41. The molecule has 0 aliphatic heterocycles. The van der Waals surface area contributed by atoms with Gasteiger partial charge < -0.3 is 4.42 Å². The van der Waals surface area contributed by atoms with Crippen molar-refractivity contribution in [3.05, 3.63) is 77.9 Å². The zero-order valence-electron chi connectivity index (χ0n) is 14.9. The number of fused-ring (bicyclic) bond motifs is 1. The van der Waals surface area contributed by atoms with Crippen molar-refractivity contribution in [3.8, 4) is 11.5 Å². The molecule has 0 saturated carbocycles. The van der Waals surface area contributed by atoms with Gasteiger partial charge in [0.05, 0.1) is 10.6 Å². The van der Waals surface area contributed by atoms with Crippen LogP contribution in [0.1, 0.15) is 11.1 Å². The highest BCUT2D eigenvalue weighted by atomic mass is 32.2. The largest absolute Gasteiger partial charge is 0.436 e. The predicted octanol–water partition coefficient (Wildman–Crippen LogP) is 4.91. The van der Waals surface area contributed by atoms with E-state index in [9.17, 15) is 8.42 Å². The number of sulfonamides is 1. The highest BCUT2D eigenvalue weighted by Gasteiger charge is 2.18. The van der Waals surface area contributed by atoms with Crippen molar-refractivity contribution >= 4 is 26.8 Å². The molecule has 1 N–H and O–H groups in total. The van der Waals surface area contributed by atoms with E-state index in [-0.39, 0.29) is 4.90 Å². The van der Waals surface area contributed by atoms with Crippen LogP contribution in [0.25, 0.3) is 22.6 Å². The molecule has 4 rings (SSSR count). The Hall–Kier alpha value is -3.12. The van der Waals surface area contributed by atoms with Gasteiger partial charge in [-0.15, -0.1) is 0 Å². The van der Waals surface area contributed by atoms with Crippen molar-refractivity contribution < 1.29 is 12.8 Å². The smallest absolute Gasteiger partial charge is 0.261 e. The van der Waals surface area contributed by atoms with Gasteiger partial charge in [0.25, 0.3) is 10.0 Å². The molecule has 0 saturated heterocycles. The average molecular weight is 378 g/mol. The number of hydrogen-bond acceptors (Lipinski definition) is 4. The van der Waals surface area contributed by atoms with Crippen LogP contribution in [0.15, 0.2) is 76.0 Å². The summed E-state index contributed by atoms with van der Waals surface area (Å²) in [6, 6.07) is 19.5. The molecular weight excluding hydrogens is 360 g/mol. The summed E-state index contributed by atoms with van der Waals surface area (Å²) in [5.41, 5.74) is 4.57. The van der Waals surface area contributed by atoms with Crippen LogP contribution >= 0.6 is 0 Å². The summed E-state index contributed by atoms with van der Waals surface area (Å²) in [7, 11) is -3.67. The zero-order valence-corrected chi connectivity index (χ0v) is 15.7. The molecule has 0 spiro atoms. The number of hydrogen-bond donors (Lipinski definition) is 1. The van der Waals surface area contributed by atoms with Crippen LogP contribution in [0.2, 0.25) is 0 Å². The molecule has 0 fully saturated rings. The molecule has 136 valence electrons.